The number of hydrogen-bond donors (Lipinski definition) is 0. The molecule has 1 aliphatic rings. The number of oxime groups is 1. The van der Waals surface area contributed by atoms with Crippen molar-refractivity contribution in [1.29, 1.82) is 0 Å². The van der Waals surface area contributed by atoms with Gasteiger partial charge in [0.25, 0.3) is 0 Å². The smallest absolute Gasteiger partial charge is 0.130 e. The molecule has 0 aromatic rings. The summed E-state index contributed by atoms with van der Waals surface area (Å²) in [6.07, 6.45) is 9.09. The van der Waals surface area contributed by atoms with Crippen LogP contribution in [0.15, 0.2) is 23.6 Å². The Morgan fingerprint density at radius 3 is 3.57 bits per heavy atom. The second-order valence-corrected chi connectivity index (χ2v) is 1.00. The van der Waals surface area contributed by atoms with Gasteiger partial charge in [-0.3, -0.25) is 0 Å². The van der Waals surface area contributed by atoms with Crippen molar-refractivity contribution in [2.75, 3.05) is 0 Å². The molecule has 35 valence electrons. The molecule has 1 aliphatic heterocycles. The van der Waals surface area contributed by atoms with E-state index in [1.54, 1.807) is 18.4 Å². The van der Waals surface area contributed by atoms with Gasteiger partial charge in [-0.15, -0.1) is 0 Å². The molecule has 1 rings (SSSR count). The van der Waals surface area contributed by atoms with Gasteiger partial charge in [0.2, 0.25) is 0 Å². The number of nitrogens with zero attached hydrogens (tertiary/aromatic N) is 1. The molecule has 1 heterocycles. The minimum absolute atomic E-state index is 1.39. The molecule has 0 aromatic carbocycles. The van der Waals surface area contributed by atoms with E-state index in [0.29, 0.717) is 0 Å². The molecule has 0 bridgehead atoms. The maximum Gasteiger partial charge on any atom is 0.130 e. The number of allylic oxidation sites excluding steroid dienone is 3. The van der Waals surface area contributed by atoms with Crippen LogP contribution in [0.5, 0.6) is 0 Å². The van der Waals surface area contributed by atoms with Gasteiger partial charge in [-0.25, -0.2) is 0 Å². The fourth-order valence-corrected chi connectivity index (χ4v) is 0.269. The summed E-state index contributed by atoms with van der Waals surface area (Å²) in [6, 6.07) is 0. The van der Waals surface area contributed by atoms with Gasteiger partial charge in [-0.05, 0) is 12.2 Å². The molecule has 0 fully saturated rings. The SMILES string of the molecule is [C]1=CON=CC=C1. The highest BCUT2D eigenvalue weighted by atomic mass is 16.6. The van der Waals surface area contributed by atoms with Gasteiger partial charge >= 0.3 is 0 Å². The third-order valence-electron chi connectivity index (χ3n) is 0.521. The monoisotopic (exact) mass is 94.0 g/mol. The van der Waals surface area contributed by atoms with E-state index in [1.807, 2.05) is 0 Å². The first-order valence-corrected chi connectivity index (χ1v) is 1.92. The van der Waals surface area contributed by atoms with Crippen molar-refractivity contribution in [2.45, 2.75) is 0 Å². The molecule has 0 spiro atoms. The van der Waals surface area contributed by atoms with Gasteiger partial charge in [-0.1, -0.05) is 5.16 Å². The molecule has 0 atom stereocenters. The fraction of sp³-hybridized carbons (Fsp3) is 0. The Bertz CT molecular complexity index is 110. The molecule has 1 radical (unpaired) electrons. The molecular weight excluding hydrogens is 90.1 g/mol. The van der Waals surface area contributed by atoms with Crippen LogP contribution in [0.1, 0.15) is 0 Å². The first-order valence-electron chi connectivity index (χ1n) is 1.92. The third kappa shape index (κ3) is 1.22. The minimum atomic E-state index is 1.39. The zero-order chi connectivity index (χ0) is 4.95. The van der Waals surface area contributed by atoms with Crippen molar-refractivity contribution >= 4 is 6.21 Å². The van der Waals surface area contributed by atoms with Crippen LogP contribution in [0.2, 0.25) is 0 Å². The van der Waals surface area contributed by atoms with E-state index in [0.717, 1.165) is 0 Å². The van der Waals surface area contributed by atoms with Crippen LogP contribution in [0, 0.1) is 6.08 Å². The third-order valence-corrected chi connectivity index (χ3v) is 0.521. The van der Waals surface area contributed by atoms with Crippen LogP contribution in [-0.2, 0) is 4.84 Å². The van der Waals surface area contributed by atoms with Gasteiger partial charge in [0.15, 0.2) is 0 Å². The van der Waals surface area contributed by atoms with E-state index < -0.39 is 0 Å². The molecule has 0 saturated carbocycles. The zero-order valence-corrected chi connectivity index (χ0v) is 3.66. The van der Waals surface area contributed by atoms with Gasteiger partial charge in [0, 0.05) is 6.08 Å². The first-order chi connectivity index (χ1) is 3.50. The topological polar surface area (TPSA) is 21.6 Å². The summed E-state index contributed by atoms with van der Waals surface area (Å²) in [5.41, 5.74) is 0. The standard InChI is InChI=1S/C5H4NO/c1-2-4-6-7-5-3-1/h1-2,4-5H. The Kier molecular flexibility index (Phi) is 1.28. The van der Waals surface area contributed by atoms with Gasteiger partial charge in [0.05, 0.1) is 6.21 Å². The van der Waals surface area contributed by atoms with E-state index in [4.69, 9.17) is 0 Å². The van der Waals surface area contributed by atoms with Crippen LogP contribution >= 0.6 is 0 Å². The van der Waals surface area contributed by atoms with Gasteiger partial charge in [-0.2, -0.15) is 0 Å². The normalized spacial score (nSPS) is 16.0. The average molecular weight is 94.1 g/mol. The summed E-state index contributed by atoms with van der Waals surface area (Å²) >= 11 is 0. The molecule has 7 heavy (non-hydrogen) atoms. The molecule has 2 nitrogen and oxygen atoms in total. The summed E-state index contributed by atoms with van der Waals surface area (Å²) < 4.78 is 0. The van der Waals surface area contributed by atoms with Crippen molar-refractivity contribution in [3.63, 3.8) is 0 Å². The average Bonchev–Trinajstić information content (AvgIpc) is 1.90. The molecular formula is C5H4NO. The summed E-state index contributed by atoms with van der Waals surface area (Å²) in [5, 5.41) is 3.44. The Morgan fingerprint density at radius 1 is 1.57 bits per heavy atom. The Balaban J connectivity index is 2.60. The fourth-order valence-electron chi connectivity index (χ4n) is 0.269. The minimum Gasteiger partial charge on any atom is -0.364 e. The van der Waals surface area contributed by atoms with Crippen LogP contribution in [0.3, 0.4) is 0 Å². The summed E-state index contributed by atoms with van der Waals surface area (Å²) in [7, 11) is 0. The van der Waals surface area contributed by atoms with Crippen LogP contribution < -0.4 is 0 Å². The van der Waals surface area contributed by atoms with E-state index in [1.165, 1.54) is 6.26 Å². The lowest BCUT2D eigenvalue weighted by atomic mass is 10.5. The molecule has 0 unspecified atom stereocenters. The van der Waals surface area contributed by atoms with Crippen molar-refractivity contribution in [3.8, 4) is 0 Å². The Morgan fingerprint density at radius 2 is 2.57 bits per heavy atom. The summed E-state index contributed by atoms with van der Waals surface area (Å²) in [5.74, 6) is 0. The largest absolute Gasteiger partial charge is 0.364 e. The number of rotatable bonds is 0. The van der Waals surface area contributed by atoms with Gasteiger partial charge < -0.3 is 4.84 Å². The van der Waals surface area contributed by atoms with Crippen molar-refractivity contribution in [2.24, 2.45) is 5.16 Å². The first kappa shape index (κ1) is 4.12. The second kappa shape index (κ2) is 2.18. The van der Waals surface area contributed by atoms with Crippen LogP contribution in [0.25, 0.3) is 0 Å². The van der Waals surface area contributed by atoms with Gasteiger partial charge in [0.1, 0.15) is 6.26 Å². The lowest BCUT2D eigenvalue weighted by Crippen LogP contribution is -1.62. The molecule has 0 aliphatic carbocycles. The van der Waals surface area contributed by atoms with Crippen molar-refractivity contribution < 1.29 is 4.84 Å². The molecule has 0 aromatic heterocycles. The maximum atomic E-state index is 4.47. The van der Waals surface area contributed by atoms with E-state index in [-0.39, 0.29) is 0 Å². The van der Waals surface area contributed by atoms with Crippen molar-refractivity contribution in [1.82, 2.24) is 0 Å². The molecule has 0 amide bonds. The predicted molar refractivity (Wildman–Crippen MR) is 26.5 cm³/mol. The highest BCUT2D eigenvalue weighted by Crippen LogP contribution is 1.82. The quantitative estimate of drug-likeness (QED) is 0.436. The van der Waals surface area contributed by atoms with E-state index >= 15 is 0 Å². The highest BCUT2D eigenvalue weighted by Gasteiger charge is 1.71. The maximum absolute atomic E-state index is 4.47. The highest BCUT2D eigenvalue weighted by molar-refractivity contribution is 5.70. The Labute approximate surface area is 41.8 Å². The zero-order valence-electron chi connectivity index (χ0n) is 3.66. The lowest BCUT2D eigenvalue weighted by molar-refractivity contribution is 0.270. The molecule has 0 saturated heterocycles. The van der Waals surface area contributed by atoms with Crippen LogP contribution in [0.4, 0.5) is 0 Å². The molecule has 2 heteroatoms. The predicted octanol–water partition coefficient (Wildman–Crippen LogP) is 0.875. The summed E-state index contributed by atoms with van der Waals surface area (Å²) in [6.45, 7) is 0. The lowest BCUT2D eigenvalue weighted by Gasteiger charge is -1.77. The molecule has 0 N–H and O–H groups in total. The van der Waals surface area contributed by atoms with E-state index in [9.17, 15) is 0 Å². The Hall–Kier alpha value is -1.05. The van der Waals surface area contributed by atoms with E-state index in [2.05, 4.69) is 16.1 Å². The second-order valence-electron chi connectivity index (χ2n) is 1.00. The summed E-state index contributed by atoms with van der Waals surface area (Å²) in [4.78, 5) is 4.47. The van der Waals surface area contributed by atoms with Crippen molar-refractivity contribution in [3.05, 3.63) is 24.5 Å². The number of hydrogen-bond acceptors (Lipinski definition) is 2. The van der Waals surface area contributed by atoms with Crippen LogP contribution in [-0.4, -0.2) is 6.21 Å².